The largest absolute Gasteiger partial charge is 0.383 e. The van der Waals surface area contributed by atoms with Gasteiger partial charge in [-0.15, -0.1) is 0 Å². The molecule has 0 rings (SSSR count). The summed E-state index contributed by atoms with van der Waals surface area (Å²) in [6.45, 7) is 1.20. The van der Waals surface area contributed by atoms with Crippen molar-refractivity contribution in [1.29, 1.82) is 0 Å². The fraction of sp³-hybridized carbons (Fsp3) is 0.900. The van der Waals surface area contributed by atoms with Crippen LogP contribution in [-0.4, -0.2) is 62.2 Å². The lowest BCUT2D eigenvalue weighted by atomic mass is 10.3. The van der Waals surface area contributed by atoms with Crippen molar-refractivity contribution in [2.24, 2.45) is 0 Å². The molecule has 4 nitrogen and oxygen atoms in total. The van der Waals surface area contributed by atoms with Crippen LogP contribution in [0.1, 0.15) is 13.8 Å². The number of rotatable bonds is 7. The van der Waals surface area contributed by atoms with Gasteiger partial charge in [0.05, 0.1) is 13.2 Å². The van der Waals surface area contributed by atoms with Crippen LogP contribution < -0.4 is 0 Å². The molecule has 0 atom stereocenters. The third-order valence-electron chi connectivity index (χ3n) is 2.29. The fourth-order valence-electron chi connectivity index (χ4n) is 1.11. The van der Waals surface area contributed by atoms with Crippen LogP contribution in [0.4, 0.5) is 8.78 Å². The van der Waals surface area contributed by atoms with Crippen LogP contribution in [0.25, 0.3) is 0 Å². The van der Waals surface area contributed by atoms with Gasteiger partial charge in [0.15, 0.2) is 0 Å². The molecule has 0 aromatic carbocycles. The Kier molecular flexibility index (Phi) is 7.16. The zero-order chi connectivity index (χ0) is 12.7. The second-order valence-corrected chi connectivity index (χ2v) is 3.85. The van der Waals surface area contributed by atoms with E-state index in [2.05, 4.69) is 0 Å². The Hall–Kier alpha value is -0.750. The Morgan fingerprint density at radius 1 is 1.38 bits per heavy atom. The van der Waals surface area contributed by atoms with Gasteiger partial charge in [-0.25, -0.2) is 4.90 Å². The maximum Gasteiger partial charge on any atom is 0.295 e. The van der Waals surface area contributed by atoms with E-state index in [0.717, 1.165) is 4.90 Å². The molecule has 1 amide bonds. The molecule has 6 heteroatoms. The highest BCUT2D eigenvalue weighted by Crippen LogP contribution is 2.08. The Morgan fingerprint density at radius 3 is 2.31 bits per heavy atom. The zero-order valence-electron chi connectivity index (χ0n) is 10.2. The van der Waals surface area contributed by atoms with Crippen molar-refractivity contribution < 1.29 is 18.3 Å². The Labute approximate surface area is 95.1 Å². The number of amides is 1. The SMILES string of the molecule is COCCN(C)C(=O)CN(C(C)C)C(F)F. The number of alkyl halides is 2. The summed E-state index contributed by atoms with van der Waals surface area (Å²) in [5, 5.41) is 0. The van der Waals surface area contributed by atoms with E-state index in [-0.39, 0.29) is 18.5 Å². The van der Waals surface area contributed by atoms with Gasteiger partial charge in [0.2, 0.25) is 5.91 Å². The minimum atomic E-state index is -2.61. The van der Waals surface area contributed by atoms with Crippen LogP contribution in [0.3, 0.4) is 0 Å². The highest BCUT2D eigenvalue weighted by molar-refractivity contribution is 5.78. The lowest BCUT2D eigenvalue weighted by molar-refractivity contribution is -0.137. The third kappa shape index (κ3) is 5.37. The van der Waals surface area contributed by atoms with Gasteiger partial charge in [-0.2, -0.15) is 8.78 Å². The lowest BCUT2D eigenvalue weighted by Crippen LogP contribution is -2.44. The predicted octanol–water partition coefficient (Wildman–Crippen LogP) is 1.02. The Balaban J connectivity index is 4.18. The molecule has 0 bridgehead atoms. The van der Waals surface area contributed by atoms with Crippen molar-refractivity contribution in [2.75, 3.05) is 33.9 Å². The van der Waals surface area contributed by atoms with Gasteiger partial charge in [0.25, 0.3) is 6.55 Å². The fourth-order valence-corrected chi connectivity index (χ4v) is 1.11. The number of hydrogen-bond acceptors (Lipinski definition) is 3. The highest BCUT2D eigenvalue weighted by atomic mass is 19.3. The number of carbonyl (C=O) groups excluding carboxylic acids is 1. The van der Waals surface area contributed by atoms with Gasteiger partial charge in [-0.3, -0.25) is 4.79 Å². The normalized spacial score (nSPS) is 11.6. The average molecular weight is 238 g/mol. The van der Waals surface area contributed by atoms with Crippen LogP contribution >= 0.6 is 0 Å². The smallest absolute Gasteiger partial charge is 0.295 e. The van der Waals surface area contributed by atoms with Crippen molar-refractivity contribution in [3.63, 3.8) is 0 Å². The monoisotopic (exact) mass is 238 g/mol. The summed E-state index contributed by atoms with van der Waals surface area (Å²) in [4.78, 5) is 13.8. The molecule has 0 aromatic rings. The van der Waals surface area contributed by atoms with Crippen LogP contribution in [0.15, 0.2) is 0 Å². The maximum atomic E-state index is 12.6. The van der Waals surface area contributed by atoms with E-state index in [0.29, 0.717) is 13.2 Å². The number of hydrogen-bond donors (Lipinski definition) is 0. The third-order valence-corrected chi connectivity index (χ3v) is 2.29. The van der Waals surface area contributed by atoms with E-state index in [9.17, 15) is 13.6 Å². The van der Waals surface area contributed by atoms with Crippen molar-refractivity contribution >= 4 is 5.91 Å². The molecule has 0 aliphatic rings. The maximum absolute atomic E-state index is 12.6. The van der Waals surface area contributed by atoms with Crippen molar-refractivity contribution in [2.45, 2.75) is 26.4 Å². The van der Waals surface area contributed by atoms with E-state index < -0.39 is 6.55 Å². The summed E-state index contributed by atoms with van der Waals surface area (Å²) < 4.78 is 29.9. The molecular formula is C10H20F2N2O2. The molecular weight excluding hydrogens is 218 g/mol. The van der Waals surface area contributed by atoms with E-state index in [1.807, 2.05) is 0 Å². The Bertz CT molecular complexity index is 205. The molecule has 0 saturated carbocycles. The van der Waals surface area contributed by atoms with Crippen LogP contribution in [0.5, 0.6) is 0 Å². The molecule has 0 saturated heterocycles. The molecule has 0 aliphatic carbocycles. The summed E-state index contributed by atoms with van der Waals surface area (Å²) in [6.07, 6.45) is 0. The van der Waals surface area contributed by atoms with Gasteiger partial charge in [0.1, 0.15) is 0 Å². The molecule has 16 heavy (non-hydrogen) atoms. The zero-order valence-corrected chi connectivity index (χ0v) is 10.2. The molecule has 0 fully saturated rings. The Morgan fingerprint density at radius 2 is 1.94 bits per heavy atom. The molecule has 0 spiro atoms. The van der Waals surface area contributed by atoms with E-state index in [4.69, 9.17) is 4.74 Å². The summed E-state index contributed by atoms with van der Waals surface area (Å²) in [6, 6.07) is -0.361. The van der Waals surface area contributed by atoms with Gasteiger partial charge in [0, 0.05) is 26.7 Å². The van der Waals surface area contributed by atoms with Crippen molar-refractivity contribution in [3.8, 4) is 0 Å². The van der Waals surface area contributed by atoms with Gasteiger partial charge < -0.3 is 9.64 Å². The summed E-state index contributed by atoms with van der Waals surface area (Å²) in [5.41, 5.74) is 0. The van der Waals surface area contributed by atoms with E-state index in [1.54, 1.807) is 20.9 Å². The van der Waals surface area contributed by atoms with Crippen molar-refractivity contribution in [1.82, 2.24) is 9.80 Å². The molecule has 0 aliphatic heterocycles. The first kappa shape index (κ1) is 15.2. The lowest BCUT2D eigenvalue weighted by Gasteiger charge is -2.27. The first-order valence-corrected chi connectivity index (χ1v) is 5.17. The van der Waals surface area contributed by atoms with Gasteiger partial charge >= 0.3 is 0 Å². The number of halogens is 2. The van der Waals surface area contributed by atoms with Crippen LogP contribution in [0.2, 0.25) is 0 Å². The average Bonchev–Trinajstić information content (AvgIpc) is 2.20. The number of carbonyl (C=O) groups is 1. The summed E-state index contributed by atoms with van der Waals surface area (Å²) in [7, 11) is 3.10. The van der Waals surface area contributed by atoms with Crippen LogP contribution in [0, 0.1) is 0 Å². The van der Waals surface area contributed by atoms with Gasteiger partial charge in [-0.1, -0.05) is 0 Å². The van der Waals surface area contributed by atoms with E-state index >= 15 is 0 Å². The van der Waals surface area contributed by atoms with Crippen LogP contribution in [-0.2, 0) is 9.53 Å². The predicted molar refractivity (Wildman–Crippen MR) is 57.4 cm³/mol. The first-order valence-electron chi connectivity index (χ1n) is 5.17. The first-order chi connectivity index (χ1) is 7.40. The second-order valence-electron chi connectivity index (χ2n) is 3.85. The second kappa shape index (κ2) is 7.51. The number of methoxy groups -OCH3 is 1. The molecule has 0 N–H and O–H groups in total. The minimum absolute atomic E-state index is 0.268. The number of likely N-dealkylation sites (N-methyl/N-ethyl adjacent to an activating group) is 1. The standard InChI is InChI=1S/C10H20F2N2O2/c1-8(2)14(10(11)12)7-9(15)13(3)5-6-16-4/h8,10H,5-7H2,1-4H3. The highest BCUT2D eigenvalue weighted by Gasteiger charge is 2.23. The molecule has 0 heterocycles. The molecule has 0 radical (unpaired) electrons. The number of nitrogens with zero attached hydrogens (tertiary/aromatic N) is 2. The molecule has 0 unspecified atom stereocenters. The molecule has 0 aromatic heterocycles. The van der Waals surface area contributed by atoms with Gasteiger partial charge in [-0.05, 0) is 13.8 Å². The minimum Gasteiger partial charge on any atom is -0.383 e. The van der Waals surface area contributed by atoms with E-state index in [1.165, 1.54) is 12.0 Å². The molecule has 96 valence electrons. The summed E-state index contributed by atoms with van der Waals surface area (Å²) >= 11 is 0. The topological polar surface area (TPSA) is 32.8 Å². The number of ether oxygens (including phenoxy) is 1. The van der Waals surface area contributed by atoms with Crippen molar-refractivity contribution in [3.05, 3.63) is 0 Å². The summed E-state index contributed by atoms with van der Waals surface area (Å²) in [5.74, 6) is -0.328. The quantitative estimate of drug-likeness (QED) is 0.621.